The van der Waals surface area contributed by atoms with Gasteiger partial charge in [-0.25, -0.2) is 0 Å². The number of hydrogen-bond donors (Lipinski definition) is 3. The van der Waals surface area contributed by atoms with Gasteiger partial charge in [0.05, 0.1) is 24.1 Å². The lowest BCUT2D eigenvalue weighted by Gasteiger charge is -2.12. The first-order valence-electron chi connectivity index (χ1n) is 6.66. The summed E-state index contributed by atoms with van der Waals surface area (Å²) in [5.74, 6) is -1.60. The number of benzene rings is 2. The average Bonchev–Trinajstić information content (AvgIpc) is 2.56. The number of nitro benzene ring substituents is 2. The van der Waals surface area contributed by atoms with Gasteiger partial charge >= 0.3 is 11.4 Å². The van der Waals surface area contributed by atoms with E-state index in [0.717, 1.165) is 12.1 Å². The van der Waals surface area contributed by atoms with E-state index in [9.17, 15) is 30.4 Å². The van der Waals surface area contributed by atoms with Gasteiger partial charge in [0, 0.05) is 35.6 Å². The second-order valence-electron chi connectivity index (χ2n) is 4.73. The van der Waals surface area contributed by atoms with E-state index in [0.29, 0.717) is 0 Å². The van der Waals surface area contributed by atoms with Gasteiger partial charge in [0.15, 0.2) is 11.5 Å². The quantitative estimate of drug-likeness (QED) is 0.404. The van der Waals surface area contributed by atoms with Crippen LogP contribution in [0.5, 0.6) is 23.0 Å². The third kappa shape index (κ3) is 3.44. The third-order valence-corrected chi connectivity index (χ3v) is 3.23. The Morgan fingerprint density at radius 1 is 0.840 bits per heavy atom. The molecular weight excluding hydrogens is 338 g/mol. The minimum Gasteiger partial charge on any atom is -0.500 e. The first kappa shape index (κ1) is 17.6. The molecule has 0 aliphatic rings. The molecule has 11 heteroatoms. The second-order valence-corrected chi connectivity index (χ2v) is 4.73. The molecular formula is C14H13N3O8. The summed E-state index contributed by atoms with van der Waals surface area (Å²) in [7, 11) is 2.44. The molecule has 2 aromatic carbocycles. The SMILES string of the molecule is COc1cc(Nc2cc(OC)c(O)c([N+](=O)[O-])c2)cc([N+](=O)[O-])c1O. The number of phenols is 2. The van der Waals surface area contributed by atoms with E-state index in [1.165, 1.54) is 26.4 Å². The Labute approximate surface area is 140 Å². The van der Waals surface area contributed by atoms with Crippen molar-refractivity contribution in [1.29, 1.82) is 0 Å². The molecule has 0 spiro atoms. The highest BCUT2D eigenvalue weighted by Gasteiger charge is 2.22. The van der Waals surface area contributed by atoms with Crippen molar-refractivity contribution in [3.8, 4) is 23.0 Å². The number of nitrogens with one attached hydrogen (secondary N) is 1. The van der Waals surface area contributed by atoms with Crippen molar-refractivity contribution in [3.05, 3.63) is 44.5 Å². The van der Waals surface area contributed by atoms with E-state index in [4.69, 9.17) is 9.47 Å². The van der Waals surface area contributed by atoms with Gasteiger partial charge in [-0.2, -0.15) is 0 Å². The second kappa shape index (κ2) is 6.78. The highest BCUT2D eigenvalue weighted by atomic mass is 16.6. The van der Waals surface area contributed by atoms with E-state index < -0.39 is 32.7 Å². The Bertz CT molecular complexity index is 783. The van der Waals surface area contributed by atoms with Crippen molar-refractivity contribution in [3.63, 3.8) is 0 Å². The van der Waals surface area contributed by atoms with Crippen molar-refractivity contribution in [2.24, 2.45) is 0 Å². The fourth-order valence-corrected chi connectivity index (χ4v) is 2.09. The summed E-state index contributed by atoms with van der Waals surface area (Å²) in [5, 5.41) is 44.2. The minimum atomic E-state index is -0.803. The molecule has 0 unspecified atom stereocenters. The molecule has 11 nitrogen and oxygen atoms in total. The van der Waals surface area contributed by atoms with Crippen molar-refractivity contribution in [2.75, 3.05) is 19.5 Å². The molecule has 0 amide bonds. The van der Waals surface area contributed by atoms with Gasteiger partial charge in [-0.15, -0.1) is 0 Å². The first-order valence-corrected chi connectivity index (χ1v) is 6.66. The zero-order valence-electron chi connectivity index (χ0n) is 13.0. The number of anilines is 2. The summed E-state index contributed by atoms with van der Waals surface area (Å²) in [6.07, 6.45) is 0. The predicted molar refractivity (Wildman–Crippen MR) is 85.9 cm³/mol. The number of methoxy groups -OCH3 is 2. The normalized spacial score (nSPS) is 10.2. The van der Waals surface area contributed by atoms with Gasteiger partial charge in [0.2, 0.25) is 11.5 Å². The number of aromatic hydroxyl groups is 2. The van der Waals surface area contributed by atoms with Crippen molar-refractivity contribution >= 4 is 22.7 Å². The molecule has 0 bridgehead atoms. The van der Waals surface area contributed by atoms with Crippen LogP contribution in [0.2, 0.25) is 0 Å². The lowest BCUT2D eigenvalue weighted by molar-refractivity contribution is -0.386. The topological polar surface area (TPSA) is 157 Å². The highest BCUT2D eigenvalue weighted by Crippen LogP contribution is 2.42. The van der Waals surface area contributed by atoms with Crippen LogP contribution in [0.25, 0.3) is 0 Å². The maximum Gasteiger partial charge on any atom is 0.316 e. The van der Waals surface area contributed by atoms with Gasteiger partial charge in [-0.1, -0.05) is 0 Å². The molecule has 0 saturated carbocycles. The first-order chi connectivity index (χ1) is 11.8. The van der Waals surface area contributed by atoms with Crippen LogP contribution in [-0.2, 0) is 0 Å². The van der Waals surface area contributed by atoms with E-state index in [1.807, 2.05) is 0 Å². The molecule has 25 heavy (non-hydrogen) atoms. The third-order valence-electron chi connectivity index (χ3n) is 3.23. The van der Waals surface area contributed by atoms with Gasteiger partial charge in [0.25, 0.3) is 0 Å². The number of ether oxygens (including phenoxy) is 2. The van der Waals surface area contributed by atoms with Gasteiger partial charge in [-0.05, 0) is 0 Å². The summed E-state index contributed by atoms with van der Waals surface area (Å²) < 4.78 is 9.75. The smallest absolute Gasteiger partial charge is 0.316 e. The number of hydrogen-bond acceptors (Lipinski definition) is 9. The number of nitro groups is 2. The lowest BCUT2D eigenvalue weighted by atomic mass is 10.2. The molecule has 132 valence electrons. The maximum atomic E-state index is 11.0. The van der Waals surface area contributed by atoms with E-state index in [2.05, 4.69) is 5.32 Å². The number of nitrogens with zero attached hydrogens (tertiary/aromatic N) is 2. The zero-order chi connectivity index (χ0) is 18.7. The number of phenolic OH excluding ortho intramolecular Hbond substituents is 2. The molecule has 0 aliphatic heterocycles. The highest BCUT2D eigenvalue weighted by molar-refractivity contribution is 5.73. The summed E-state index contributed by atoms with van der Waals surface area (Å²) in [6.45, 7) is 0. The van der Waals surface area contributed by atoms with E-state index in [-0.39, 0.29) is 22.9 Å². The Kier molecular flexibility index (Phi) is 4.77. The molecule has 2 rings (SSSR count). The molecule has 0 radical (unpaired) electrons. The largest absolute Gasteiger partial charge is 0.500 e. The standard InChI is InChI=1S/C14H13N3O8/c1-24-11-5-7(3-9(13(11)18)16(20)21)15-8-4-10(17(22)23)14(19)12(6-8)25-2/h3-6,15,18-19H,1-2H3. The minimum absolute atomic E-state index is 0.128. The van der Waals surface area contributed by atoms with Gasteiger partial charge < -0.3 is 25.0 Å². The zero-order valence-corrected chi connectivity index (χ0v) is 13.0. The van der Waals surface area contributed by atoms with Crippen LogP contribution in [-0.4, -0.2) is 34.3 Å². The van der Waals surface area contributed by atoms with Crippen LogP contribution in [0.3, 0.4) is 0 Å². The van der Waals surface area contributed by atoms with E-state index >= 15 is 0 Å². The van der Waals surface area contributed by atoms with Crippen LogP contribution >= 0.6 is 0 Å². The van der Waals surface area contributed by atoms with Gasteiger partial charge in [0.1, 0.15) is 0 Å². The Morgan fingerprint density at radius 2 is 1.20 bits per heavy atom. The molecule has 0 atom stereocenters. The Morgan fingerprint density at radius 3 is 1.48 bits per heavy atom. The van der Waals surface area contributed by atoms with Crippen molar-refractivity contribution < 1.29 is 29.5 Å². The molecule has 0 saturated heterocycles. The molecule has 0 fully saturated rings. The van der Waals surface area contributed by atoms with Crippen LogP contribution in [0.4, 0.5) is 22.7 Å². The fourth-order valence-electron chi connectivity index (χ4n) is 2.09. The summed E-state index contributed by atoms with van der Waals surface area (Å²) in [4.78, 5) is 20.4. The summed E-state index contributed by atoms with van der Waals surface area (Å²) in [5.41, 5.74) is -0.962. The molecule has 2 aromatic rings. The molecule has 0 aromatic heterocycles. The number of rotatable bonds is 6. The van der Waals surface area contributed by atoms with Crippen LogP contribution < -0.4 is 14.8 Å². The van der Waals surface area contributed by atoms with Gasteiger partial charge in [-0.3, -0.25) is 20.2 Å². The van der Waals surface area contributed by atoms with E-state index in [1.54, 1.807) is 0 Å². The fraction of sp³-hybridized carbons (Fsp3) is 0.143. The van der Waals surface area contributed by atoms with Crippen molar-refractivity contribution in [2.45, 2.75) is 0 Å². The van der Waals surface area contributed by atoms with Crippen molar-refractivity contribution in [1.82, 2.24) is 0 Å². The predicted octanol–water partition coefficient (Wildman–Crippen LogP) is 2.68. The molecule has 0 heterocycles. The summed E-state index contributed by atoms with van der Waals surface area (Å²) in [6, 6.07) is 4.60. The van der Waals surface area contributed by atoms with Crippen LogP contribution in [0.15, 0.2) is 24.3 Å². The average molecular weight is 351 g/mol. The Balaban J connectivity index is 2.53. The molecule has 3 N–H and O–H groups in total. The van der Waals surface area contributed by atoms with Crippen LogP contribution in [0.1, 0.15) is 0 Å². The maximum absolute atomic E-state index is 11.0. The Hall–Kier alpha value is -3.76. The lowest BCUT2D eigenvalue weighted by Crippen LogP contribution is -1.98. The summed E-state index contributed by atoms with van der Waals surface area (Å²) >= 11 is 0. The monoisotopic (exact) mass is 351 g/mol. The molecule has 0 aliphatic carbocycles. The van der Waals surface area contributed by atoms with Crippen LogP contribution in [0, 0.1) is 20.2 Å².